The minimum absolute atomic E-state index is 0.0422. The lowest BCUT2D eigenvalue weighted by atomic mass is 10.0. The molecule has 0 amide bonds. The first kappa shape index (κ1) is 22.5. The summed E-state index contributed by atoms with van der Waals surface area (Å²) in [5.41, 5.74) is 0.705. The molecule has 0 atom stereocenters. The van der Waals surface area contributed by atoms with Crippen LogP contribution in [0, 0.1) is 0 Å². The number of Topliss-reactive ketones (excluding diaryl/α,β-unsaturated/α-hetero) is 2. The lowest BCUT2D eigenvalue weighted by Crippen LogP contribution is -2.23. The van der Waals surface area contributed by atoms with Crippen molar-refractivity contribution < 1.29 is 27.2 Å². The number of ketones is 2. The molecule has 0 aliphatic rings. The molecule has 2 aromatic carbocycles. The maximum Gasteiger partial charge on any atom is 0.454 e. The highest BCUT2D eigenvalue weighted by molar-refractivity contribution is 6.05. The highest BCUT2D eigenvalue weighted by atomic mass is 19.4. The number of nitrogens with zero attached hydrogens (tertiary/aromatic N) is 1. The molecule has 0 fully saturated rings. The van der Waals surface area contributed by atoms with Gasteiger partial charge in [-0.3, -0.25) is 9.59 Å². The molecule has 1 aromatic heterocycles. The molecule has 3 aromatic rings. The van der Waals surface area contributed by atoms with Crippen molar-refractivity contribution in [2.75, 3.05) is 0 Å². The van der Waals surface area contributed by atoms with Crippen molar-refractivity contribution in [2.24, 2.45) is 0 Å². The molecule has 31 heavy (non-hydrogen) atoms. The number of rotatable bonds is 10. The van der Waals surface area contributed by atoms with Crippen molar-refractivity contribution in [1.29, 1.82) is 0 Å². The molecule has 0 bridgehead atoms. The van der Waals surface area contributed by atoms with Crippen LogP contribution in [0.5, 0.6) is 0 Å². The van der Waals surface area contributed by atoms with E-state index in [0.717, 1.165) is 31.7 Å². The smallest absolute Gasteiger partial charge is 0.434 e. The fourth-order valence-electron chi connectivity index (χ4n) is 3.30. The van der Waals surface area contributed by atoms with E-state index < -0.39 is 17.5 Å². The van der Waals surface area contributed by atoms with Crippen LogP contribution in [-0.2, 0) is 6.42 Å². The van der Waals surface area contributed by atoms with Gasteiger partial charge in [-0.05, 0) is 24.8 Å². The Balaban J connectivity index is 1.53. The van der Waals surface area contributed by atoms with Gasteiger partial charge in [-0.15, -0.1) is 0 Å². The van der Waals surface area contributed by atoms with Crippen molar-refractivity contribution in [2.45, 2.75) is 44.7 Å². The van der Waals surface area contributed by atoms with Gasteiger partial charge in [0.2, 0.25) is 5.78 Å². The first-order chi connectivity index (χ1) is 14.9. The number of aromatic nitrogens is 1. The second-order valence-corrected chi connectivity index (χ2v) is 7.23. The maximum absolute atomic E-state index is 12.8. The molecule has 4 nitrogen and oxygen atoms in total. The monoisotopic (exact) mass is 429 g/mol. The van der Waals surface area contributed by atoms with Gasteiger partial charge < -0.3 is 4.42 Å². The van der Waals surface area contributed by atoms with Crippen molar-refractivity contribution in [3.05, 3.63) is 77.8 Å². The van der Waals surface area contributed by atoms with Crippen LogP contribution in [0.15, 0.2) is 65.2 Å². The van der Waals surface area contributed by atoms with Gasteiger partial charge in [-0.1, -0.05) is 67.4 Å². The van der Waals surface area contributed by atoms with E-state index in [1.807, 2.05) is 18.2 Å². The number of oxazole rings is 1. The van der Waals surface area contributed by atoms with Crippen LogP contribution >= 0.6 is 0 Å². The Bertz CT molecular complexity index is 1030. The number of hydrogen-bond donors (Lipinski definition) is 0. The molecular weight excluding hydrogens is 407 g/mol. The van der Waals surface area contributed by atoms with Gasteiger partial charge in [0.15, 0.2) is 5.76 Å². The van der Waals surface area contributed by atoms with E-state index in [2.05, 4.69) is 17.1 Å². The minimum atomic E-state index is -5.00. The largest absolute Gasteiger partial charge is 0.454 e. The summed E-state index contributed by atoms with van der Waals surface area (Å²) in [5.74, 6) is -2.48. The number of aryl methyl sites for hydroxylation is 1. The van der Waals surface area contributed by atoms with Crippen LogP contribution in [0.2, 0.25) is 0 Å². The van der Waals surface area contributed by atoms with E-state index in [9.17, 15) is 22.8 Å². The van der Waals surface area contributed by atoms with E-state index in [0.29, 0.717) is 6.42 Å². The average Bonchev–Trinajstić information content (AvgIpc) is 3.26. The summed E-state index contributed by atoms with van der Waals surface area (Å²) in [4.78, 5) is 27.9. The highest BCUT2D eigenvalue weighted by Crippen LogP contribution is 2.30. The van der Waals surface area contributed by atoms with Gasteiger partial charge in [0, 0.05) is 17.5 Å². The first-order valence-corrected chi connectivity index (χ1v) is 10.1. The summed E-state index contributed by atoms with van der Waals surface area (Å²) < 4.78 is 43.9. The second kappa shape index (κ2) is 10.2. The predicted octanol–water partition coefficient (Wildman–Crippen LogP) is 6.46. The molecule has 0 saturated heterocycles. The first-order valence-electron chi connectivity index (χ1n) is 10.1. The Morgan fingerprint density at radius 2 is 1.55 bits per heavy atom. The fraction of sp³-hybridized carbons (Fsp3) is 0.292. The molecule has 0 spiro atoms. The van der Waals surface area contributed by atoms with E-state index in [-0.39, 0.29) is 29.4 Å². The second-order valence-electron chi connectivity index (χ2n) is 7.23. The summed E-state index contributed by atoms with van der Waals surface area (Å²) >= 11 is 0. The molecule has 0 radical (unpaired) electrons. The Labute approximate surface area is 178 Å². The molecule has 0 unspecified atom stereocenters. The number of carbonyl (C=O) groups is 2. The highest BCUT2D eigenvalue weighted by Gasteiger charge is 2.40. The Morgan fingerprint density at radius 3 is 2.29 bits per heavy atom. The minimum Gasteiger partial charge on any atom is -0.434 e. The fourth-order valence-corrected chi connectivity index (χ4v) is 3.30. The number of halogens is 3. The van der Waals surface area contributed by atoms with Gasteiger partial charge in [0.1, 0.15) is 0 Å². The van der Waals surface area contributed by atoms with Gasteiger partial charge in [-0.25, -0.2) is 4.98 Å². The van der Waals surface area contributed by atoms with Crippen molar-refractivity contribution in [3.63, 3.8) is 0 Å². The number of carbonyl (C=O) groups excluding carboxylic acids is 2. The van der Waals surface area contributed by atoms with Crippen LogP contribution < -0.4 is 0 Å². The normalized spacial score (nSPS) is 11.5. The molecule has 0 N–H and O–H groups in total. The van der Waals surface area contributed by atoms with Gasteiger partial charge in [0.05, 0.1) is 6.20 Å². The SMILES string of the molecule is O=C(CCCCCCc1ccccc1)c1ncc(-c2ccccc2C(=O)C(F)(F)F)o1. The third-order valence-electron chi connectivity index (χ3n) is 4.90. The summed E-state index contributed by atoms with van der Waals surface area (Å²) in [5, 5.41) is 0. The molecule has 0 aliphatic heterocycles. The summed E-state index contributed by atoms with van der Waals surface area (Å²) in [6.07, 6.45) is 0.994. The summed E-state index contributed by atoms with van der Waals surface area (Å²) in [6, 6.07) is 15.4. The van der Waals surface area contributed by atoms with Gasteiger partial charge in [0.25, 0.3) is 11.7 Å². The van der Waals surface area contributed by atoms with Crippen LogP contribution in [0.4, 0.5) is 13.2 Å². The lowest BCUT2D eigenvalue weighted by Gasteiger charge is -2.08. The van der Waals surface area contributed by atoms with Crippen LogP contribution in [0.1, 0.15) is 58.7 Å². The van der Waals surface area contributed by atoms with E-state index >= 15 is 0 Å². The topological polar surface area (TPSA) is 60.2 Å². The van der Waals surface area contributed by atoms with Crippen LogP contribution in [0.25, 0.3) is 11.3 Å². The van der Waals surface area contributed by atoms with E-state index in [1.165, 1.54) is 30.0 Å². The molecule has 0 saturated carbocycles. The standard InChI is InChI=1S/C24H22F3NO3/c25-24(26,27)22(30)19-14-9-8-13-18(19)21-16-28-23(31-21)20(29)15-7-2-1-4-10-17-11-5-3-6-12-17/h3,5-6,8-9,11-14,16H,1-2,4,7,10,15H2. The molecule has 3 rings (SSSR count). The molecular formula is C24H22F3NO3. The average molecular weight is 429 g/mol. The zero-order valence-electron chi connectivity index (χ0n) is 16.8. The molecule has 1 heterocycles. The number of hydrogen-bond acceptors (Lipinski definition) is 4. The molecule has 0 aliphatic carbocycles. The zero-order chi connectivity index (χ0) is 22.3. The van der Waals surface area contributed by atoms with Crippen molar-refractivity contribution in [3.8, 4) is 11.3 Å². The third kappa shape index (κ3) is 6.13. The quantitative estimate of drug-likeness (QED) is 0.274. The Kier molecular flexibility index (Phi) is 7.39. The zero-order valence-corrected chi connectivity index (χ0v) is 16.8. The molecule has 162 valence electrons. The van der Waals surface area contributed by atoms with E-state index in [4.69, 9.17) is 4.42 Å². The lowest BCUT2D eigenvalue weighted by molar-refractivity contribution is -0.0884. The maximum atomic E-state index is 12.8. The van der Waals surface area contributed by atoms with Crippen LogP contribution in [-0.4, -0.2) is 22.7 Å². The Hall–Kier alpha value is -3.22. The summed E-state index contributed by atoms with van der Waals surface area (Å²) in [7, 11) is 0. The van der Waals surface area contributed by atoms with Gasteiger partial charge >= 0.3 is 6.18 Å². The third-order valence-corrected chi connectivity index (χ3v) is 4.90. The predicted molar refractivity (Wildman–Crippen MR) is 110 cm³/mol. The number of unbranched alkanes of at least 4 members (excludes halogenated alkanes) is 3. The van der Waals surface area contributed by atoms with Crippen molar-refractivity contribution >= 4 is 11.6 Å². The van der Waals surface area contributed by atoms with E-state index in [1.54, 1.807) is 0 Å². The van der Waals surface area contributed by atoms with Gasteiger partial charge in [-0.2, -0.15) is 13.2 Å². The van der Waals surface area contributed by atoms with Crippen molar-refractivity contribution in [1.82, 2.24) is 4.98 Å². The number of alkyl halides is 3. The molecule has 7 heteroatoms. The van der Waals surface area contributed by atoms with Crippen LogP contribution in [0.3, 0.4) is 0 Å². The summed E-state index contributed by atoms with van der Waals surface area (Å²) in [6.45, 7) is 0. The Morgan fingerprint density at radius 1 is 0.871 bits per heavy atom. The number of benzene rings is 2.